The molecule has 0 aliphatic rings. The van der Waals surface area contributed by atoms with Crippen molar-refractivity contribution in [2.45, 2.75) is 31.2 Å². The fourth-order valence-electron chi connectivity index (χ4n) is 2.42. The molecule has 0 aliphatic heterocycles. The first kappa shape index (κ1) is 20.6. The van der Waals surface area contributed by atoms with Gasteiger partial charge in [0.15, 0.2) is 0 Å². The summed E-state index contributed by atoms with van der Waals surface area (Å²) in [4.78, 5) is 16.8. The van der Waals surface area contributed by atoms with Crippen LogP contribution in [0.5, 0.6) is 11.5 Å². The minimum atomic E-state index is -0.130. The lowest BCUT2D eigenvalue weighted by molar-refractivity contribution is -0.115. The molecule has 6 nitrogen and oxygen atoms in total. The van der Waals surface area contributed by atoms with E-state index in [1.54, 1.807) is 38.5 Å². The molecule has 142 valence electrons. The van der Waals surface area contributed by atoms with Crippen molar-refractivity contribution in [1.82, 2.24) is 4.98 Å². The highest BCUT2D eigenvalue weighted by Gasteiger charge is 2.11. The Bertz CT molecular complexity index is 834. The number of rotatable bonds is 9. The maximum atomic E-state index is 12.3. The molecular weight excluding hydrogens is 362 g/mol. The zero-order valence-electron chi connectivity index (χ0n) is 15.7. The summed E-state index contributed by atoms with van der Waals surface area (Å²) in [6.07, 6.45) is 2.16. The van der Waals surface area contributed by atoms with E-state index in [0.717, 1.165) is 18.5 Å². The van der Waals surface area contributed by atoms with Crippen molar-refractivity contribution >= 4 is 23.4 Å². The summed E-state index contributed by atoms with van der Waals surface area (Å²) in [5, 5.41) is 12.8. The Balaban J connectivity index is 1.95. The average Bonchev–Trinajstić information content (AvgIpc) is 2.68. The van der Waals surface area contributed by atoms with E-state index >= 15 is 0 Å². The van der Waals surface area contributed by atoms with E-state index in [2.05, 4.69) is 23.3 Å². The van der Waals surface area contributed by atoms with Gasteiger partial charge < -0.3 is 14.8 Å². The maximum Gasteiger partial charge on any atom is 0.225 e. The number of ether oxygens (including phenoxy) is 2. The van der Waals surface area contributed by atoms with Crippen molar-refractivity contribution in [3.8, 4) is 17.6 Å². The van der Waals surface area contributed by atoms with Crippen LogP contribution in [0, 0.1) is 11.3 Å². The monoisotopic (exact) mass is 385 g/mol. The summed E-state index contributed by atoms with van der Waals surface area (Å²) in [5.74, 6) is 1.59. The molecule has 0 radical (unpaired) electrons. The number of nitrogens with one attached hydrogen (secondary N) is 1. The lowest BCUT2D eigenvalue weighted by Gasteiger charge is -2.11. The average molecular weight is 385 g/mol. The Morgan fingerprint density at radius 3 is 2.74 bits per heavy atom. The first-order valence-electron chi connectivity index (χ1n) is 8.66. The van der Waals surface area contributed by atoms with Gasteiger partial charge in [-0.05, 0) is 30.7 Å². The van der Waals surface area contributed by atoms with Crippen molar-refractivity contribution in [3.63, 3.8) is 0 Å². The van der Waals surface area contributed by atoms with E-state index < -0.39 is 0 Å². The van der Waals surface area contributed by atoms with Gasteiger partial charge in [0.1, 0.15) is 22.6 Å². The number of nitriles is 1. The fraction of sp³-hybridized carbons (Fsp3) is 0.350. The molecule has 0 spiro atoms. The summed E-state index contributed by atoms with van der Waals surface area (Å²) in [6, 6.07) is 11.1. The Kier molecular flexibility index (Phi) is 7.96. The minimum Gasteiger partial charge on any atom is -0.497 e. The summed E-state index contributed by atoms with van der Waals surface area (Å²) in [7, 11) is 3.11. The number of hydrogen-bond acceptors (Lipinski definition) is 6. The second-order valence-corrected chi connectivity index (χ2v) is 6.81. The molecule has 1 N–H and O–H groups in total. The van der Waals surface area contributed by atoms with E-state index in [9.17, 15) is 10.1 Å². The largest absolute Gasteiger partial charge is 0.497 e. The predicted molar refractivity (Wildman–Crippen MR) is 106 cm³/mol. The molecule has 27 heavy (non-hydrogen) atoms. The van der Waals surface area contributed by atoms with Crippen molar-refractivity contribution in [1.29, 1.82) is 5.26 Å². The molecule has 1 aromatic carbocycles. The van der Waals surface area contributed by atoms with Gasteiger partial charge in [-0.2, -0.15) is 5.26 Å². The highest BCUT2D eigenvalue weighted by Crippen LogP contribution is 2.29. The lowest BCUT2D eigenvalue weighted by Crippen LogP contribution is -2.13. The highest BCUT2D eigenvalue weighted by atomic mass is 32.2. The normalized spacial score (nSPS) is 10.1. The number of thioether (sulfide) groups is 1. The van der Waals surface area contributed by atoms with Crippen LogP contribution in [0.4, 0.5) is 5.69 Å². The molecular formula is C20H23N3O3S. The Morgan fingerprint density at radius 2 is 2.07 bits per heavy atom. The van der Waals surface area contributed by atoms with Gasteiger partial charge in [0.05, 0.1) is 25.5 Å². The van der Waals surface area contributed by atoms with Crippen LogP contribution in [0.2, 0.25) is 0 Å². The third-order valence-electron chi connectivity index (χ3n) is 3.80. The third kappa shape index (κ3) is 5.90. The van der Waals surface area contributed by atoms with Gasteiger partial charge in [-0.15, -0.1) is 11.8 Å². The van der Waals surface area contributed by atoms with Gasteiger partial charge >= 0.3 is 0 Å². The van der Waals surface area contributed by atoms with Crippen molar-refractivity contribution in [2.75, 3.05) is 25.3 Å². The maximum absolute atomic E-state index is 12.3. The third-order valence-corrected chi connectivity index (χ3v) is 4.79. The number of carbonyl (C=O) groups excluding carboxylic acids is 1. The van der Waals surface area contributed by atoms with Crippen LogP contribution in [0.25, 0.3) is 0 Å². The number of pyridine rings is 1. The zero-order chi connectivity index (χ0) is 19.6. The number of anilines is 1. The van der Waals surface area contributed by atoms with Crippen LogP contribution >= 0.6 is 11.8 Å². The fourth-order valence-corrected chi connectivity index (χ4v) is 3.36. The summed E-state index contributed by atoms with van der Waals surface area (Å²) >= 11 is 1.42. The number of methoxy groups -OCH3 is 2. The first-order valence-corrected chi connectivity index (χ1v) is 9.64. The van der Waals surface area contributed by atoms with E-state index in [-0.39, 0.29) is 5.91 Å². The SMILES string of the molecule is CCCc1ccc(C#N)c(SCCC(=O)Nc2ccc(OC)cc2OC)n1. The van der Waals surface area contributed by atoms with Crippen LogP contribution in [0.1, 0.15) is 31.0 Å². The molecule has 0 saturated heterocycles. The molecule has 0 fully saturated rings. The van der Waals surface area contributed by atoms with E-state index in [1.165, 1.54) is 11.8 Å². The minimum absolute atomic E-state index is 0.130. The van der Waals surface area contributed by atoms with Crippen LogP contribution in [0.15, 0.2) is 35.4 Å². The van der Waals surface area contributed by atoms with Gasteiger partial charge in [-0.1, -0.05) is 13.3 Å². The van der Waals surface area contributed by atoms with Crippen molar-refractivity contribution in [3.05, 3.63) is 41.6 Å². The van der Waals surface area contributed by atoms with Crippen molar-refractivity contribution in [2.24, 2.45) is 0 Å². The molecule has 0 atom stereocenters. The van der Waals surface area contributed by atoms with Crippen LogP contribution in [0.3, 0.4) is 0 Å². The van der Waals surface area contributed by atoms with Gasteiger partial charge in [0.25, 0.3) is 0 Å². The van der Waals surface area contributed by atoms with E-state index in [1.807, 2.05) is 6.07 Å². The van der Waals surface area contributed by atoms with Gasteiger partial charge in [-0.3, -0.25) is 4.79 Å². The molecule has 0 saturated carbocycles. The number of aromatic nitrogens is 1. The Hall–Kier alpha value is -2.72. The molecule has 7 heteroatoms. The van der Waals surface area contributed by atoms with E-state index in [4.69, 9.17) is 9.47 Å². The molecule has 0 aliphatic carbocycles. The lowest BCUT2D eigenvalue weighted by atomic mass is 10.2. The van der Waals surface area contributed by atoms with Crippen LogP contribution < -0.4 is 14.8 Å². The molecule has 1 aromatic heterocycles. The number of carbonyl (C=O) groups is 1. The molecule has 2 aromatic rings. The van der Waals surface area contributed by atoms with E-state index in [0.29, 0.717) is 39.9 Å². The standard InChI is InChI=1S/C20H23N3O3S/c1-4-5-15-7-6-14(13-21)20(22-15)27-11-10-19(24)23-17-9-8-16(25-2)12-18(17)26-3/h6-9,12H,4-5,10-11H2,1-3H3,(H,23,24). The topological polar surface area (TPSA) is 84.2 Å². The molecule has 0 bridgehead atoms. The Labute approximate surface area is 163 Å². The predicted octanol–water partition coefficient (Wildman–Crippen LogP) is 4.04. The van der Waals surface area contributed by atoms with Gasteiger partial charge in [0.2, 0.25) is 5.91 Å². The van der Waals surface area contributed by atoms with Crippen molar-refractivity contribution < 1.29 is 14.3 Å². The van der Waals surface area contributed by atoms with Gasteiger partial charge in [0, 0.05) is 23.9 Å². The molecule has 1 amide bonds. The number of benzene rings is 1. The molecule has 0 unspecified atom stereocenters. The summed E-state index contributed by atoms with van der Waals surface area (Å²) in [6.45, 7) is 2.09. The second-order valence-electron chi connectivity index (χ2n) is 5.73. The summed E-state index contributed by atoms with van der Waals surface area (Å²) in [5.41, 5.74) is 2.09. The first-order chi connectivity index (χ1) is 13.1. The number of nitrogens with zero attached hydrogens (tertiary/aromatic N) is 2. The number of aryl methyl sites for hydroxylation is 1. The quantitative estimate of drug-likeness (QED) is 0.656. The van der Waals surface area contributed by atoms with Crippen LogP contribution in [-0.2, 0) is 11.2 Å². The summed E-state index contributed by atoms with van der Waals surface area (Å²) < 4.78 is 10.4. The number of amides is 1. The zero-order valence-corrected chi connectivity index (χ0v) is 16.6. The van der Waals surface area contributed by atoms with Crippen LogP contribution in [-0.4, -0.2) is 30.9 Å². The molecule has 2 rings (SSSR count). The number of hydrogen-bond donors (Lipinski definition) is 1. The molecule has 1 heterocycles. The second kappa shape index (κ2) is 10.4. The highest BCUT2D eigenvalue weighted by molar-refractivity contribution is 7.99. The smallest absolute Gasteiger partial charge is 0.225 e. The van der Waals surface area contributed by atoms with Gasteiger partial charge in [-0.25, -0.2) is 4.98 Å². The Morgan fingerprint density at radius 1 is 1.26 bits per heavy atom.